The first-order valence-electron chi connectivity index (χ1n) is 8.72. The van der Waals surface area contributed by atoms with Crippen LogP contribution < -0.4 is 10.1 Å². The lowest BCUT2D eigenvalue weighted by Gasteiger charge is -2.08. The molecule has 0 aliphatic carbocycles. The molecule has 6 nitrogen and oxygen atoms in total. The SMILES string of the molecule is CC(C)c1ccc(NC(=O)CSc2n[nH]c(COc3ccccc3)n2)cc1. The van der Waals surface area contributed by atoms with E-state index in [1.165, 1.54) is 17.3 Å². The van der Waals surface area contributed by atoms with Crippen molar-refractivity contribution in [3.05, 3.63) is 66.0 Å². The molecule has 2 N–H and O–H groups in total. The Morgan fingerprint density at radius 3 is 2.59 bits per heavy atom. The van der Waals surface area contributed by atoms with Gasteiger partial charge < -0.3 is 10.1 Å². The summed E-state index contributed by atoms with van der Waals surface area (Å²) in [5.74, 6) is 2.00. The summed E-state index contributed by atoms with van der Waals surface area (Å²) in [6.45, 7) is 4.58. The number of nitrogens with one attached hydrogen (secondary N) is 2. The molecule has 0 bridgehead atoms. The summed E-state index contributed by atoms with van der Waals surface area (Å²) in [4.78, 5) is 16.4. The van der Waals surface area contributed by atoms with E-state index in [1.54, 1.807) is 0 Å². The highest BCUT2D eigenvalue weighted by Crippen LogP contribution is 2.18. The number of benzene rings is 2. The Kier molecular flexibility index (Phi) is 6.49. The fourth-order valence-electron chi connectivity index (χ4n) is 2.35. The molecule has 2 aromatic carbocycles. The van der Waals surface area contributed by atoms with Gasteiger partial charge in [-0.05, 0) is 35.7 Å². The maximum Gasteiger partial charge on any atom is 0.234 e. The number of carbonyl (C=O) groups excluding carboxylic acids is 1. The second kappa shape index (κ2) is 9.23. The molecule has 0 radical (unpaired) electrons. The number of amides is 1. The number of anilines is 1. The van der Waals surface area contributed by atoms with Crippen molar-refractivity contribution >= 4 is 23.4 Å². The zero-order valence-electron chi connectivity index (χ0n) is 15.3. The summed E-state index contributed by atoms with van der Waals surface area (Å²) >= 11 is 1.28. The summed E-state index contributed by atoms with van der Waals surface area (Å²) in [5.41, 5.74) is 2.03. The highest BCUT2D eigenvalue weighted by Gasteiger charge is 2.09. The van der Waals surface area contributed by atoms with Crippen LogP contribution in [0.3, 0.4) is 0 Å². The number of aromatic amines is 1. The highest BCUT2D eigenvalue weighted by atomic mass is 32.2. The van der Waals surface area contributed by atoms with Gasteiger partial charge in [0.15, 0.2) is 5.82 Å². The van der Waals surface area contributed by atoms with Crippen molar-refractivity contribution in [2.75, 3.05) is 11.1 Å². The number of hydrogen-bond acceptors (Lipinski definition) is 5. The van der Waals surface area contributed by atoms with Crippen LogP contribution in [-0.4, -0.2) is 26.8 Å². The predicted octanol–water partition coefficient (Wildman–Crippen LogP) is 4.24. The average Bonchev–Trinajstić information content (AvgIpc) is 3.14. The molecule has 0 aliphatic heterocycles. The standard InChI is InChI=1S/C20H22N4O2S/c1-14(2)15-8-10-16(11-9-15)21-19(25)13-27-20-22-18(23-24-20)12-26-17-6-4-3-5-7-17/h3-11,14H,12-13H2,1-2H3,(H,21,25)(H,22,23,24). The van der Waals surface area contributed by atoms with Gasteiger partial charge in [0.25, 0.3) is 0 Å². The molecule has 27 heavy (non-hydrogen) atoms. The molecule has 0 spiro atoms. The lowest BCUT2D eigenvalue weighted by molar-refractivity contribution is -0.113. The van der Waals surface area contributed by atoms with Crippen LogP contribution in [0.1, 0.15) is 31.2 Å². The van der Waals surface area contributed by atoms with Crippen molar-refractivity contribution in [1.82, 2.24) is 15.2 Å². The maximum absolute atomic E-state index is 12.1. The van der Waals surface area contributed by atoms with Gasteiger partial charge in [0.1, 0.15) is 12.4 Å². The number of H-pyrrole nitrogens is 1. The van der Waals surface area contributed by atoms with Crippen LogP contribution in [-0.2, 0) is 11.4 Å². The Hall–Kier alpha value is -2.80. The molecule has 0 saturated carbocycles. The van der Waals surface area contributed by atoms with Crippen LogP contribution in [0.4, 0.5) is 5.69 Å². The second-order valence-corrected chi connectivity index (χ2v) is 7.22. The van der Waals surface area contributed by atoms with Crippen LogP contribution in [0.5, 0.6) is 5.75 Å². The predicted molar refractivity (Wildman–Crippen MR) is 107 cm³/mol. The summed E-state index contributed by atoms with van der Waals surface area (Å²) in [5, 5.41) is 10.3. The third-order valence-corrected chi connectivity index (χ3v) is 4.67. The normalized spacial score (nSPS) is 10.8. The number of ether oxygens (including phenoxy) is 1. The van der Waals surface area contributed by atoms with Crippen molar-refractivity contribution < 1.29 is 9.53 Å². The topological polar surface area (TPSA) is 79.9 Å². The zero-order chi connectivity index (χ0) is 19.1. The molecule has 1 aromatic heterocycles. The van der Waals surface area contributed by atoms with E-state index in [0.29, 0.717) is 23.5 Å². The third-order valence-electron chi connectivity index (χ3n) is 3.82. The molecule has 0 saturated heterocycles. The van der Waals surface area contributed by atoms with Gasteiger partial charge in [-0.25, -0.2) is 4.98 Å². The van der Waals surface area contributed by atoms with E-state index < -0.39 is 0 Å². The Bertz CT molecular complexity index is 863. The minimum atomic E-state index is -0.0933. The van der Waals surface area contributed by atoms with Gasteiger partial charge in [-0.15, -0.1) is 5.10 Å². The van der Waals surface area contributed by atoms with Crippen LogP contribution in [0.15, 0.2) is 59.8 Å². The first kappa shape index (κ1) is 19.0. The highest BCUT2D eigenvalue weighted by molar-refractivity contribution is 7.99. The molecule has 3 aromatic rings. The number of nitrogens with zero attached hydrogens (tertiary/aromatic N) is 2. The smallest absolute Gasteiger partial charge is 0.234 e. The molecule has 1 amide bonds. The van der Waals surface area contributed by atoms with Crippen molar-refractivity contribution in [3.63, 3.8) is 0 Å². The van der Waals surface area contributed by atoms with Crippen molar-refractivity contribution in [1.29, 1.82) is 0 Å². The van der Waals surface area contributed by atoms with Gasteiger partial charge in [0.2, 0.25) is 11.1 Å². The van der Waals surface area contributed by atoms with Crippen molar-refractivity contribution in [2.45, 2.75) is 31.5 Å². The van der Waals surface area contributed by atoms with Gasteiger partial charge in [0.05, 0.1) is 5.75 Å². The molecular weight excluding hydrogens is 360 g/mol. The van der Waals surface area contributed by atoms with Gasteiger partial charge in [-0.1, -0.05) is 55.9 Å². The number of hydrogen-bond donors (Lipinski definition) is 2. The van der Waals surface area contributed by atoms with E-state index in [9.17, 15) is 4.79 Å². The van der Waals surface area contributed by atoms with E-state index in [1.807, 2.05) is 54.6 Å². The minimum Gasteiger partial charge on any atom is -0.486 e. The zero-order valence-corrected chi connectivity index (χ0v) is 16.1. The molecule has 1 heterocycles. The van der Waals surface area contributed by atoms with E-state index >= 15 is 0 Å². The Morgan fingerprint density at radius 1 is 1.15 bits per heavy atom. The van der Waals surface area contributed by atoms with Gasteiger partial charge in [0, 0.05) is 5.69 Å². The summed E-state index contributed by atoms with van der Waals surface area (Å²) in [6, 6.07) is 17.4. The number of thioether (sulfide) groups is 1. The first-order valence-corrected chi connectivity index (χ1v) is 9.70. The third kappa shape index (κ3) is 5.86. The van der Waals surface area contributed by atoms with Gasteiger partial charge in [-0.3, -0.25) is 9.89 Å². The Labute approximate surface area is 162 Å². The lowest BCUT2D eigenvalue weighted by Crippen LogP contribution is -2.14. The van der Waals surface area contributed by atoms with E-state index in [2.05, 4.69) is 34.3 Å². The summed E-state index contributed by atoms with van der Waals surface area (Å²) in [6.07, 6.45) is 0. The maximum atomic E-state index is 12.1. The minimum absolute atomic E-state index is 0.0933. The van der Waals surface area contributed by atoms with E-state index in [4.69, 9.17) is 4.74 Å². The quantitative estimate of drug-likeness (QED) is 0.570. The molecule has 0 fully saturated rings. The number of aromatic nitrogens is 3. The van der Waals surface area contributed by atoms with Crippen molar-refractivity contribution in [3.8, 4) is 5.75 Å². The molecule has 0 aliphatic rings. The Balaban J connectivity index is 1.44. The molecule has 0 unspecified atom stereocenters. The van der Waals surface area contributed by atoms with E-state index in [0.717, 1.165) is 11.4 Å². The van der Waals surface area contributed by atoms with Gasteiger partial charge in [-0.2, -0.15) is 0 Å². The Morgan fingerprint density at radius 2 is 1.89 bits per heavy atom. The van der Waals surface area contributed by atoms with Crippen LogP contribution >= 0.6 is 11.8 Å². The molecule has 7 heteroatoms. The largest absolute Gasteiger partial charge is 0.486 e. The summed E-state index contributed by atoms with van der Waals surface area (Å²) in [7, 11) is 0. The average molecular weight is 382 g/mol. The molecule has 140 valence electrons. The monoisotopic (exact) mass is 382 g/mol. The van der Waals surface area contributed by atoms with E-state index in [-0.39, 0.29) is 11.7 Å². The first-order chi connectivity index (χ1) is 13.1. The van der Waals surface area contributed by atoms with Crippen molar-refractivity contribution in [2.24, 2.45) is 0 Å². The van der Waals surface area contributed by atoms with Gasteiger partial charge >= 0.3 is 0 Å². The van der Waals surface area contributed by atoms with Crippen LogP contribution in [0, 0.1) is 0 Å². The fraction of sp³-hybridized carbons (Fsp3) is 0.250. The lowest BCUT2D eigenvalue weighted by atomic mass is 10.0. The number of carbonyl (C=O) groups is 1. The van der Waals surface area contributed by atoms with Crippen LogP contribution in [0.25, 0.3) is 0 Å². The van der Waals surface area contributed by atoms with Crippen LogP contribution in [0.2, 0.25) is 0 Å². The number of rotatable bonds is 8. The molecule has 0 atom stereocenters. The fourth-order valence-corrected chi connectivity index (χ4v) is 2.97. The molecule has 3 rings (SSSR count). The number of para-hydroxylation sites is 1. The summed E-state index contributed by atoms with van der Waals surface area (Å²) < 4.78 is 5.61. The molecular formula is C20H22N4O2S. The second-order valence-electron chi connectivity index (χ2n) is 6.28.